The summed E-state index contributed by atoms with van der Waals surface area (Å²) in [5.74, 6) is -2.43. The van der Waals surface area contributed by atoms with Crippen LogP contribution in [0.25, 0.3) is 28.1 Å². The molecule has 112 heavy (non-hydrogen) atoms. The molecule has 6 heterocycles. The van der Waals surface area contributed by atoms with E-state index in [0.29, 0.717) is 77.7 Å². The molecule has 9 amide bonds. The average Bonchev–Trinajstić information content (AvgIpc) is 1.56. The molecular formula is C83H95N13O16. The van der Waals surface area contributed by atoms with Gasteiger partial charge in [-0.3, -0.25) is 38.4 Å². The molecule has 1 saturated carbocycles. The first-order chi connectivity index (χ1) is 53.8. The third-order valence-corrected chi connectivity index (χ3v) is 22.1. The van der Waals surface area contributed by atoms with Crippen LogP contribution < -0.4 is 65.4 Å². The Morgan fingerprint density at radius 2 is 1.37 bits per heavy atom. The molecular weight excluding hydrogens is 1430 g/mol. The van der Waals surface area contributed by atoms with Gasteiger partial charge < -0.3 is 80.1 Å². The lowest BCUT2D eigenvalue weighted by molar-refractivity contribution is -0.132. The lowest BCUT2D eigenvalue weighted by atomic mass is 9.89. The smallest absolute Gasteiger partial charge is 0.416 e. The first-order valence-corrected chi connectivity index (χ1v) is 37.8. The molecule has 1 aliphatic carbocycles. The van der Waals surface area contributed by atoms with Crippen molar-refractivity contribution in [2.75, 3.05) is 81.2 Å². The van der Waals surface area contributed by atoms with Gasteiger partial charge in [0, 0.05) is 67.5 Å². The summed E-state index contributed by atoms with van der Waals surface area (Å²) in [7, 11) is 4.57. The first kappa shape index (κ1) is 78.1. The molecule has 7 N–H and O–H groups in total. The molecule has 5 aliphatic heterocycles. The van der Waals surface area contributed by atoms with Crippen LogP contribution in [0.4, 0.5) is 27.5 Å². The van der Waals surface area contributed by atoms with Gasteiger partial charge in [0.1, 0.15) is 30.1 Å². The number of carbonyl (C=O) groups excluding carboxylic acids is 9. The number of hydrogen-bond donors (Lipinski definition) is 7. The Kier molecular flexibility index (Phi) is 22.9. The van der Waals surface area contributed by atoms with Gasteiger partial charge in [-0.25, -0.2) is 14.4 Å². The third-order valence-electron chi connectivity index (χ3n) is 22.1. The molecule has 29 nitrogen and oxygen atoms in total. The molecule has 0 bridgehead atoms. The van der Waals surface area contributed by atoms with E-state index in [1.165, 1.54) is 33.3 Å². The second kappa shape index (κ2) is 32.9. The van der Waals surface area contributed by atoms with Crippen LogP contribution in [-0.4, -0.2) is 174 Å². The number of aromatic nitrogens is 3. The molecule has 0 radical (unpaired) electrons. The molecule has 1 spiro atoms. The highest BCUT2D eigenvalue weighted by atomic mass is 16.6. The number of benzene rings is 6. The van der Waals surface area contributed by atoms with E-state index in [4.69, 9.17) is 28.4 Å². The van der Waals surface area contributed by atoms with Crippen LogP contribution in [0.15, 0.2) is 128 Å². The molecule has 29 heteroatoms. The highest BCUT2D eigenvalue weighted by Crippen LogP contribution is 2.57. The van der Waals surface area contributed by atoms with Crippen molar-refractivity contribution >= 4 is 81.7 Å². The average molecular weight is 1530 g/mol. The summed E-state index contributed by atoms with van der Waals surface area (Å²) in [5.41, 5.74) is 8.10. The Morgan fingerprint density at radius 1 is 0.696 bits per heavy atom. The van der Waals surface area contributed by atoms with E-state index in [0.717, 1.165) is 57.0 Å². The Bertz CT molecular complexity index is 4820. The van der Waals surface area contributed by atoms with E-state index in [1.54, 1.807) is 72.1 Å². The van der Waals surface area contributed by atoms with Gasteiger partial charge in [0.25, 0.3) is 11.8 Å². The SMILES string of the molecule is COc1ccc(C2=CN3C(=O)c4cc(OC)c(OCCCOc5cc6c(cc5OC)C(=O)N5CC7(CC7)C[C@H]5[C@H](O)N6C(=O)OCc5ccc(NC(=O)[C@H](C)NC(=O)[C@@H](NC(=O)CNC(=O)CNC(=O)CCC(=O)N6Cc7ccccc7-c7nnn(C(C)(C)C(C)C)c7-c7ccccc76)C(C)C)cc5)cc4NC[C@@H]3C2)cc1. The first-order valence-electron chi connectivity index (χ1n) is 37.8. The topological polar surface area (TPSA) is 345 Å². The monoisotopic (exact) mass is 1530 g/mol. The summed E-state index contributed by atoms with van der Waals surface area (Å²) in [6, 6.07) is 32.8. The minimum atomic E-state index is -1.50. The molecule has 6 aliphatic rings. The van der Waals surface area contributed by atoms with Crippen molar-refractivity contribution in [1.82, 2.24) is 46.1 Å². The zero-order chi connectivity index (χ0) is 79.4. The van der Waals surface area contributed by atoms with E-state index >= 15 is 0 Å². The number of fused-ring (bicyclic) bond motifs is 9. The Balaban J connectivity index is 0.569. The molecule has 13 rings (SSSR count). The Morgan fingerprint density at radius 3 is 2.05 bits per heavy atom. The summed E-state index contributed by atoms with van der Waals surface area (Å²) >= 11 is 0. The second-order valence-corrected chi connectivity index (χ2v) is 30.4. The van der Waals surface area contributed by atoms with E-state index in [9.17, 15) is 48.3 Å². The van der Waals surface area contributed by atoms with Gasteiger partial charge in [0.15, 0.2) is 29.2 Å². The van der Waals surface area contributed by atoms with E-state index in [2.05, 4.69) is 69.9 Å². The standard InChI is InChI=1S/C83H95N13O16/c1-47(2)73(89-71(99)42-86-70(98)41-85-69(97)28-29-72(100)93-43-52-16-11-12-17-57(52)74-75(58-18-13-14-19-62(58)93)96(91-90-74)82(6,7)48(3)4)77(102)87-49(5)76(101)88-54-24-20-50(21-25-54)45-112-81(106)95-63-38-68(66(109-10)36-60(63)79(104)94-46-83(30-31-83)39-64(94)80(95)105)111-33-15-32-110-67-37-61-59(35-65(67)108-9)78(103)92-44-53(34-55(92)40-84-61)51-22-26-56(107-8)27-23-51/h11-14,16-27,35-38,44,47-49,55,64,73,80,84,105H,15,28-34,39-43,45-46H2,1-10H3,(H,85,97)(H,86,98)(H,87,102)(H,88,101)(H,89,99)/t49-,55-,64-,73-,80-/m0/s1. The van der Waals surface area contributed by atoms with E-state index in [-0.39, 0.29) is 97.1 Å². The molecule has 5 atom stereocenters. The number of rotatable bonds is 27. The van der Waals surface area contributed by atoms with Crippen LogP contribution in [0.3, 0.4) is 0 Å². The van der Waals surface area contributed by atoms with Crippen molar-refractivity contribution in [3.8, 4) is 51.3 Å². The number of ether oxygens (including phenoxy) is 6. The predicted molar refractivity (Wildman–Crippen MR) is 416 cm³/mol. The van der Waals surface area contributed by atoms with Crippen molar-refractivity contribution in [2.45, 2.75) is 142 Å². The number of nitrogens with zero attached hydrogens (tertiary/aromatic N) is 7. The number of anilines is 4. The molecule has 1 aromatic heterocycles. The fourth-order valence-corrected chi connectivity index (χ4v) is 14.8. The van der Waals surface area contributed by atoms with Gasteiger partial charge in [-0.05, 0) is 128 Å². The van der Waals surface area contributed by atoms with Crippen molar-refractivity contribution in [2.24, 2.45) is 17.3 Å². The number of hydrogen-bond acceptors (Lipinski definition) is 19. The molecule has 7 aromatic rings. The van der Waals surface area contributed by atoms with Crippen LogP contribution >= 0.6 is 0 Å². The minimum absolute atomic E-state index is 0.0554. The molecule has 0 unspecified atom stereocenters. The number of methoxy groups -OCH3 is 3. The summed E-state index contributed by atoms with van der Waals surface area (Å²) in [5, 5.41) is 38.0. The van der Waals surface area contributed by atoms with Crippen molar-refractivity contribution in [3.63, 3.8) is 0 Å². The zero-order valence-corrected chi connectivity index (χ0v) is 64.5. The largest absolute Gasteiger partial charge is 0.497 e. The maximum atomic E-state index is 14.5. The van der Waals surface area contributed by atoms with Gasteiger partial charge in [0.05, 0.1) is 106 Å². The van der Waals surface area contributed by atoms with Crippen LogP contribution in [-0.2, 0) is 52.2 Å². The van der Waals surface area contributed by atoms with Gasteiger partial charge in [-0.2, -0.15) is 0 Å². The maximum absolute atomic E-state index is 14.5. The number of aliphatic hydroxyl groups excluding tert-OH is 1. The van der Waals surface area contributed by atoms with Gasteiger partial charge >= 0.3 is 6.09 Å². The summed E-state index contributed by atoms with van der Waals surface area (Å²) in [6.07, 6.45) is 2.32. The fraction of sp³-hybridized carbons (Fsp3) is 0.410. The lowest BCUT2D eigenvalue weighted by Crippen LogP contribution is -2.55. The maximum Gasteiger partial charge on any atom is 0.416 e. The highest BCUT2D eigenvalue weighted by molar-refractivity contribution is 6.07. The van der Waals surface area contributed by atoms with Crippen LogP contribution in [0, 0.1) is 17.3 Å². The molecule has 1 saturated heterocycles. The molecule has 588 valence electrons. The number of para-hydroxylation sites is 1. The Hall–Kier alpha value is -12.0. The van der Waals surface area contributed by atoms with E-state index in [1.807, 2.05) is 83.7 Å². The quantitative estimate of drug-likeness (QED) is 0.0236. The number of nitrogens with one attached hydrogen (secondary N) is 6. The third kappa shape index (κ3) is 16.4. The zero-order valence-electron chi connectivity index (χ0n) is 64.5. The van der Waals surface area contributed by atoms with Gasteiger partial charge in [-0.1, -0.05) is 99.6 Å². The van der Waals surface area contributed by atoms with Crippen LogP contribution in [0.2, 0.25) is 0 Å². The minimum Gasteiger partial charge on any atom is -0.497 e. The van der Waals surface area contributed by atoms with Crippen LogP contribution in [0.1, 0.15) is 131 Å². The van der Waals surface area contributed by atoms with Gasteiger partial charge in [0.2, 0.25) is 35.4 Å². The second-order valence-electron chi connectivity index (χ2n) is 30.4. The van der Waals surface area contributed by atoms with Crippen molar-refractivity contribution in [3.05, 3.63) is 155 Å². The van der Waals surface area contributed by atoms with E-state index < -0.39 is 84.5 Å². The summed E-state index contributed by atoms with van der Waals surface area (Å²) < 4.78 is 37.2. The molecule has 6 aromatic carbocycles. The summed E-state index contributed by atoms with van der Waals surface area (Å²) in [6.45, 7) is 13.4. The lowest BCUT2D eigenvalue weighted by Gasteiger charge is -2.33. The van der Waals surface area contributed by atoms with Crippen molar-refractivity contribution in [1.29, 1.82) is 0 Å². The number of aliphatic hydroxyl groups is 1. The van der Waals surface area contributed by atoms with Crippen LogP contribution in [0.5, 0.6) is 28.7 Å². The van der Waals surface area contributed by atoms with Crippen molar-refractivity contribution < 1.29 is 76.7 Å². The Labute approximate surface area is 649 Å². The van der Waals surface area contributed by atoms with Gasteiger partial charge in [-0.15, -0.1) is 5.10 Å². The predicted octanol–water partition coefficient (Wildman–Crippen LogP) is 9.17. The fourth-order valence-electron chi connectivity index (χ4n) is 14.8. The summed E-state index contributed by atoms with van der Waals surface area (Å²) in [4.78, 5) is 130. The highest BCUT2D eigenvalue weighted by Gasteiger charge is 2.58. The normalized spacial score (nSPS) is 17.5. The molecule has 2 fully saturated rings. The number of carbonyl (C=O) groups is 9. The number of amides is 9.